The van der Waals surface area contributed by atoms with Crippen molar-refractivity contribution in [3.63, 3.8) is 0 Å². The highest BCUT2D eigenvalue weighted by Crippen LogP contribution is 2.32. The zero-order valence-electron chi connectivity index (χ0n) is 17.3. The summed E-state index contributed by atoms with van der Waals surface area (Å²) >= 11 is 0. The predicted octanol–water partition coefficient (Wildman–Crippen LogP) is 4.19. The molecule has 0 aliphatic carbocycles. The molecule has 2 heterocycles. The zero-order chi connectivity index (χ0) is 23.1. The molecule has 1 aliphatic heterocycles. The number of rotatable bonds is 4. The first-order valence-electron chi connectivity index (χ1n) is 9.91. The van der Waals surface area contributed by atoms with Gasteiger partial charge < -0.3 is 10.1 Å². The van der Waals surface area contributed by atoms with Crippen molar-refractivity contribution < 1.29 is 26.3 Å². The van der Waals surface area contributed by atoms with Crippen LogP contribution in [-0.4, -0.2) is 48.0 Å². The Bertz CT molecular complexity index is 1220. The number of benzene rings is 2. The molecular formula is C21H21F3N4O3S. The molecule has 3 aromatic rings. The van der Waals surface area contributed by atoms with Gasteiger partial charge in [-0.1, -0.05) is 12.1 Å². The summed E-state index contributed by atoms with van der Waals surface area (Å²) < 4.78 is 72.6. The number of alkyl halides is 3. The average Bonchev–Trinajstić information content (AvgIpc) is 2.73. The summed E-state index contributed by atoms with van der Waals surface area (Å²) in [5.74, 6) is -1.28. The quantitative estimate of drug-likeness (QED) is 0.621. The van der Waals surface area contributed by atoms with Crippen LogP contribution in [-0.2, 0) is 20.9 Å². The Hall–Kier alpha value is -2.76. The molecular weight excluding hydrogens is 445 g/mol. The van der Waals surface area contributed by atoms with Crippen molar-refractivity contribution in [3.05, 3.63) is 54.4 Å². The van der Waals surface area contributed by atoms with Crippen LogP contribution >= 0.6 is 0 Å². The van der Waals surface area contributed by atoms with Gasteiger partial charge in [0.1, 0.15) is 5.82 Å². The van der Waals surface area contributed by atoms with Gasteiger partial charge in [-0.25, -0.2) is 18.4 Å². The molecule has 0 bridgehead atoms. The van der Waals surface area contributed by atoms with Crippen molar-refractivity contribution in [3.8, 4) is 0 Å². The largest absolute Gasteiger partial charge is 0.451 e. The third-order valence-electron chi connectivity index (χ3n) is 5.00. The van der Waals surface area contributed by atoms with E-state index in [1.54, 1.807) is 18.2 Å². The van der Waals surface area contributed by atoms with Crippen LogP contribution in [0.1, 0.15) is 19.7 Å². The molecule has 0 spiro atoms. The summed E-state index contributed by atoms with van der Waals surface area (Å²) in [6.07, 6.45) is -5.14. The molecule has 0 saturated carbocycles. The van der Waals surface area contributed by atoms with Crippen LogP contribution in [0.25, 0.3) is 10.9 Å². The van der Waals surface area contributed by atoms with Gasteiger partial charge in [0.15, 0.2) is 0 Å². The minimum absolute atomic E-state index is 0.0191. The molecule has 11 heteroatoms. The summed E-state index contributed by atoms with van der Waals surface area (Å²) in [5, 5.41) is 3.26. The van der Waals surface area contributed by atoms with E-state index in [9.17, 15) is 21.6 Å². The molecule has 1 saturated heterocycles. The molecule has 1 aliphatic rings. The summed E-state index contributed by atoms with van der Waals surface area (Å²) in [6.45, 7) is 4.12. The standard InChI is InChI=1S/C21H21F3N4O3S/c1-13-11-28(12-14(2)31-13)32(29,30)16-9-7-15(8-10-16)25-19-17-5-3-4-6-18(17)26-20(27-19)21(22,23)24/h3-10,13-14H,11-12H2,1-2H3,(H,25,26,27). The van der Waals surface area contributed by atoms with Crippen LogP contribution in [0.15, 0.2) is 53.4 Å². The van der Waals surface area contributed by atoms with Gasteiger partial charge in [0.25, 0.3) is 0 Å². The second-order valence-electron chi connectivity index (χ2n) is 7.64. The van der Waals surface area contributed by atoms with Crippen LogP contribution in [0.2, 0.25) is 0 Å². The van der Waals surface area contributed by atoms with E-state index in [4.69, 9.17) is 4.74 Å². The third kappa shape index (κ3) is 4.54. The monoisotopic (exact) mass is 466 g/mol. The van der Waals surface area contributed by atoms with Crippen molar-refractivity contribution >= 4 is 32.4 Å². The number of morpholine rings is 1. The number of hydrogen-bond donors (Lipinski definition) is 1. The van der Waals surface area contributed by atoms with E-state index in [0.29, 0.717) is 11.1 Å². The summed E-state index contributed by atoms with van der Waals surface area (Å²) in [4.78, 5) is 7.32. The lowest BCUT2D eigenvalue weighted by molar-refractivity contribution is -0.144. The van der Waals surface area contributed by atoms with Crippen molar-refractivity contribution in [2.75, 3.05) is 18.4 Å². The van der Waals surface area contributed by atoms with E-state index < -0.39 is 22.0 Å². The van der Waals surface area contributed by atoms with Crippen LogP contribution < -0.4 is 5.32 Å². The fourth-order valence-corrected chi connectivity index (χ4v) is 5.21. The van der Waals surface area contributed by atoms with Gasteiger partial charge in [0.2, 0.25) is 15.8 Å². The predicted molar refractivity (Wildman–Crippen MR) is 113 cm³/mol. The zero-order valence-corrected chi connectivity index (χ0v) is 18.1. The fourth-order valence-electron chi connectivity index (χ4n) is 3.62. The van der Waals surface area contributed by atoms with Crippen molar-refractivity contribution in [2.24, 2.45) is 0 Å². The maximum absolute atomic E-state index is 13.2. The first-order chi connectivity index (χ1) is 15.0. The van der Waals surface area contributed by atoms with E-state index in [2.05, 4.69) is 15.3 Å². The van der Waals surface area contributed by atoms with Crippen LogP contribution in [0.4, 0.5) is 24.7 Å². The molecule has 4 rings (SSSR count). The van der Waals surface area contributed by atoms with Crippen LogP contribution in [0.3, 0.4) is 0 Å². The molecule has 7 nitrogen and oxygen atoms in total. The van der Waals surface area contributed by atoms with Crippen molar-refractivity contribution in [1.29, 1.82) is 0 Å². The topological polar surface area (TPSA) is 84.4 Å². The van der Waals surface area contributed by atoms with Gasteiger partial charge in [0.05, 0.1) is 22.6 Å². The van der Waals surface area contributed by atoms with Gasteiger partial charge in [-0.2, -0.15) is 17.5 Å². The van der Waals surface area contributed by atoms with Gasteiger partial charge in [0, 0.05) is 24.2 Å². The van der Waals surface area contributed by atoms with Crippen LogP contribution in [0, 0.1) is 0 Å². The average molecular weight is 466 g/mol. The number of ether oxygens (including phenoxy) is 1. The Labute approximate surface area is 183 Å². The molecule has 1 fully saturated rings. The molecule has 2 aromatic carbocycles. The van der Waals surface area contributed by atoms with Gasteiger partial charge in [-0.3, -0.25) is 0 Å². The van der Waals surface area contributed by atoms with Crippen molar-refractivity contribution in [1.82, 2.24) is 14.3 Å². The lowest BCUT2D eigenvalue weighted by Gasteiger charge is -2.34. The van der Waals surface area contributed by atoms with E-state index in [1.807, 2.05) is 13.8 Å². The van der Waals surface area contributed by atoms with E-state index >= 15 is 0 Å². The molecule has 0 amide bonds. The minimum Gasteiger partial charge on any atom is -0.373 e. The van der Waals surface area contributed by atoms with Gasteiger partial charge in [-0.15, -0.1) is 0 Å². The second kappa shape index (κ2) is 8.30. The van der Waals surface area contributed by atoms with Gasteiger partial charge in [-0.05, 0) is 50.2 Å². The SMILES string of the molecule is CC1CN(S(=O)(=O)c2ccc(Nc3nc(C(F)(F)F)nc4ccccc34)cc2)CC(C)O1. The fraction of sp³-hybridized carbons (Fsp3) is 0.333. The smallest absolute Gasteiger partial charge is 0.373 e. The number of fused-ring (bicyclic) bond motifs is 1. The number of anilines is 2. The Kier molecular flexibility index (Phi) is 5.82. The number of nitrogens with one attached hydrogen (secondary N) is 1. The number of halogens is 3. The normalized spacial score (nSPS) is 20.4. The van der Waals surface area contributed by atoms with E-state index in [0.717, 1.165) is 0 Å². The maximum Gasteiger partial charge on any atom is 0.451 e. The highest BCUT2D eigenvalue weighted by molar-refractivity contribution is 7.89. The van der Waals surface area contributed by atoms with E-state index in [1.165, 1.54) is 34.6 Å². The van der Waals surface area contributed by atoms with Gasteiger partial charge >= 0.3 is 6.18 Å². The lowest BCUT2D eigenvalue weighted by atomic mass is 10.2. The summed E-state index contributed by atoms with van der Waals surface area (Å²) in [6, 6.07) is 12.1. The molecule has 170 valence electrons. The first-order valence-corrected chi connectivity index (χ1v) is 11.3. The molecule has 1 N–H and O–H groups in total. The second-order valence-corrected chi connectivity index (χ2v) is 9.58. The highest BCUT2D eigenvalue weighted by atomic mass is 32.2. The highest BCUT2D eigenvalue weighted by Gasteiger charge is 2.36. The summed E-state index contributed by atoms with van der Waals surface area (Å²) in [5.41, 5.74) is 0.539. The summed E-state index contributed by atoms with van der Waals surface area (Å²) in [7, 11) is -3.73. The Morgan fingerprint density at radius 3 is 2.25 bits per heavy atom. The Morgan fingerprint density at radius 1 is 1.00 bits per heavy atom. The third-order valence-corrected chi connectivity index (χ3v) is 6.84. The molecule has 2 unspecified atom stereocenters. The molecule has 32 heavy (non-hydrogen) atoms. The minimum atomic E-state index is -4.70. The molecule has 0 radical (unpaired) electrons. The van der Waals surface area contributed by atoms with Crippen LogP contribution in [0.5, 0.6) is 0 Å². The number of para-hydroxylation sites is 1. The lowest BCUT2D eigenvalue weighted by Crippen LogP contribution is -2.48. The number of hydrogen-bond acceptors (Lipinski definition) is 6. The Balaban J connectivity index is 1.63. The molecule has 2 atom stereocenters. The Morgan fingerprint density at radius 2 is 1.62 bits per heavy atom. The first kappa shape index (κ1) is 22.4. The number of sulfonamides is 1. The van der Waals surface area contributed by atoms with E-state index in [-0.39, 0.29) is 41.5 Å². The maximum atomic E-state index is 13.2. The molecule has 1 aromatic heterocycles. The van der Waals surface area contributed by atoms with Crippen molar-refractivity contribution in [2.45, 2.75) is 37.1 Å². The number of nitrogens with zero attached hydrogens (tertiary/aromatic N) is 3. The number of aromatic nitrogens is 2.